The topological polar surface area (TPSA) is 103 Å². The second-order valence-electron chi connectivity index (χ2n) is 7.45. The maximum atomic E-state index is 12.4. The molecule has 8 nitrogen and oxygen atoms in total. The molecule has 1 aliphatic rings. The van der Waals surface area contributed by atoms with Crippen molar-refractivity contribution in [2.75, 3.05) is 13.2 Å². The van der Waals surface area contributed by atoms with Crippen LogP contribution < -0.4 is 10.9 Å². The zero-order valence-corrected chi connectivity index (χ0v) is 17.2. The quantitative estimate of drug-likeness (QED) is 0.545. The summed E-state index contributed by atoms with van der Waals surface area (Å²) in [6, 6.07) is 3.72. The SMILES string of the molecule is Cc1cn2cc(CNC(=O)c3ccc(CN4CCC[C@@H]4CCO)[nH]c3=O)nc2s1. The Morgan fingerprint density at radius 2 is 2.28 bits per heavy atom. The zero-order valence-electron chi connectivity index (χ0n) is 16.4. The fraction of sp³-hybridized carbons (Fsp3) is 0.450. The number of amides is 1. The van der Waals surface area contributed by atoms with Crippen LogP contribution in [-0.2, 0) is 13.1 Å². The molecule has 0 unspecified atom stereocenters. The Labute approximate surface area is 172 Å². The van der Waals surface area contributed by atoms with Crippen LogP contribution in [0.3, 0.4) is 0 Å². The number of imidazole rings is 1. The summed E-state index contributed by atoms with van der Waals surface area (Å²) < 4.78 is 1.94. The molecule has 1 aliphatic heterocycles. The van der Waals surface area contributed by atoms with Gasteiger partial charge >= 0.3 is 0 Å². The van der Waals surface area contributed by atoms with Crippen molar-refractivity contribution in [3.8, 4) is 0 Å². The van der Waals surface area contributed by atoms with Gasteiger partial charge in [-0.25, -0.2) is 4.98 Å². The molecule has 0 spiro atoms. The van der Waals surface area contributed by atoms with E-state index in [1.165, 1.54) is 4.88 Å². The zero-order chi connectivity index (χ0) is 20.4. The Morgan fingerprint density at radius 1 is 1.41 bits per heavy atom. The van der Waals surface area contributed by atoms with Crippen molar-refractivity contribution < 1.29 is 9.90 Å². The number of rotatable bonds is 7. The van der Waals surface area contributed by atoms with E-state index in [1.807, 2.05) is 23.7 Å². The Kier molecular flexibility index (Phi) is 5.79. The molecule has 3 aromatic heterocycles. The molecular weight excluding hydrogens is 390 g/mol. The van der Waals surface area contributed by atoms with Gasteiger partial charge < -0.3 is 15.4 Å². The number of aromatic amines is 1. The minimum atomic E-state index is -0.412. The van der Waals surface area contributed by atoms with Crippen LogP contribution in [0.1, 0.15) is 45.9 Å². The number of nitrogens with one attached hydrogen (secondary N) is 2. The molecule has 1 atom stereocenters. The van der Waals surface area contributed by atoms with Gasteiger partial charge in [0, 0.05) is 42.2 Å². The third-order valence-electron chi connectivity index (χ3n) is 5.30. The number of hydrogen-bond donors (Lipinski definition) is 3. The lowest BCUT2D eigenvalue weighted by atomic mass is 10.1. The van der Waals surface area contributed by atoms with Gasteiger partial charge in [-0.3, -0.25) is 18.9 Å². The largest absolute Gasteiger partial charge is 0.396 e. The van der Waals surface area contributed by atoms with Crippen LogP contribution in [-0.4, -0.2) is 49.5 Å². The molecule has 4 rings (SSSR count). The van der Waals surface area contributed by atoms with E-state index in [1.54, 1.807) is 23.5 Å². The Hall–Kier alpha value is -2.49. The van der Waals surface area contributed by atoms with E-state index in [0.717, 1.165) is 42.2 Å². The van der Waals surface area contributed by atoms with E-state index >= 15 is 0 Å². The highest BCUT2D eigenvalue weighted by molar-refractivity contribution is 7.16. The Balaban J connectivity index is 1.38. The molecule has 0 saturated carbocycles. The van der Waals surface area contributed by atoms with Gasteiger partial charge in [0.1, 0.15) is 5.56 Å². The van der Waals surface area contributed by atoms with Crippen molar-refractivity contribution in [2.45, 2.75) is 45.3 Å². The second kappa shape index (κ2) is 8.48. The molecule has 0 aliphatic carbocycles. The van der Waals surface area contributed by atoms with Crippen molar-refractivity contribution >= 4 is 22.2 Å². The van der Waals surface area contributed by atoms with Crippen LogP contribution in [0.4, 0.5) is 0 Å². The van der Waals surface area contributed by atoms with Crippen molar-refractivity contribution in [1.82, 2.24) is 24.6 Å². The van der Waals surface area contributed by atoms with Crippen molar-refractivity contribution in [2.24, 2.45) is 0 Å². The lowest BCUT2D eigenvalue weighted by Crippen LogP contribution is -2.32. The number of hydrogen-bond acceptors (Lipinski definition) is 6. The number of carbonyl (C=O) groups is 1. The number of nitrogens with zero attached hydrogens (tertiary/aromatic N) is 3. The molecule has 0 radical (unpaired) electrons. The number of likely N-dealkylation sites (tertiary alicyclic amines) is 1. The molecular formula is C20H25N5O3S. The first kappa shape index (κ1) is 19.8. The lowest BCUT2D eigenvalue weighted by Gasteiger charge is -2.23. The summed E-state index contributed by atoms with van der Waals surface area (Å²) in [4.78, 5) is 36.5. The average molecular weight is 416 g/mol. The maximum absolute atomic E-state index is 12.4. The number of aryl methyl sites for hydroxylation is 1. The predicted octanol–water partition coefficient (Wildman–Crippen LogP) is 1.67. The molecule has 154 valence electrons. The fourth-order valence-corrected chi connectivity index (χ4v) is 4.72. The van der Waals surface area contributed by atoms with Gasteiger partial charge in [-0.15, -0.1) is 11.3 Å². The minimum Gasteiger partial charge on any atom is -0.396 e. The van der Waals surface area contributed by atoms with Gasteiger partial charge in [-0.05, 0) is 44.9 Å². The van der Waals surface area contributed by atoms with Gasteiger partial charge in [0.2, 0.25) is 0 Å². The molecule has 29 heavy (non-hydrogen) atoms. The maximum Gasteiger partial charge on any atom is 0.261 e. The summed E-state index contributed by atoms with van der Waals surface area (Å²) in [5.41, 5.74) is 1.24. The van der Waals surface area contributed by atoms with Crippen LogP contribution in [0, 0.1) is 6.92 Å². The number of fused-ring (bicyclic) bond motifs is 1. The number of carbonyl (C=O) groups excluding carboxylic acids is 1. The summed E-state index contributed by atoms with van der Waals surface area (Å²) in [6.45, 7) is 4.03. The Bertz CT molecular complexity index is 1040. The van der Waals surface area contributed by atoms with E-state index in [9.17, 15) is 14.7 Å². The normalized spacial score (nSPS) is 17.2. The van der Waals surface area contributed by atoms with E-state index in [0.29, 0.717) is 12.6 Å². The first-order valence-corrected chi connectivity index (χ1v) is 10.6. The van der Waals surface area contributed by atoms with Crippen molar-refractivity contribution in [3.05, 3.63) is 56.7 Å². The van der Waals surface area contributed by atoms with Gasteiger partial charge in [0.25, 0.3) is 11.5 Å². The number of aliphatic hydroxyl groups excluding tert-OH is 1. The van der Waals surface area contributed by atoms with E-state index in [-0.39, 0.29) is 24.3 Å². The van der Waals surface area contributed by atoms with E-state index in [4.69, 9.17) is 0 Å². The monoisotopic (exact) mass is 415 g/mol. The summed E-state index contributed by atoms with van der Waals surface area (Å²) in [6.07, 6.45) is 6.78. The van der Waals surface area contributed by atoms with E-state index in [2.05, 4.69) is 20.2 Å². The summed E-state index contributed by atoms with van der Waals surface area (Å²) in [5, 5.41) is 12.0. The van der Waals surface area contributed by atoms with Crippen LogP contribution in [0.15, 0.2) is 29.3 Å². The summed E-state index contributed by atoms with van der Waals surface area (Å²) >= 11 is 1.59. The van der Waals surface area contributed by atoms with Gasteiger partial charge in [-0.2, -0.15) is 0 Å². The Morgan fingerprint density at radius 3 is 3.03 bits per heavy atom. The molecule has 3 aromatic rings. The third-order valence-corrected chi connectivity index (χ3v) is 6.21. The highest BCUT2D eigenvalue weighted by Crippen LogP contribution is 2.21. The van der Waals surface area contributed by atoms with Crippen LogP contribution >= 0.6 is 11.3 Å². The number of aliphatic hydroxyl groups is 1. The molecule has 9 heteroatoms. The standard InChI is InChI=1S/C20H25N5O3S/c1-13-10-25-12-15(23-20(25)29-13)9-21-18(27)17-5-4-14(22-19(17)28)11-24-7-2-3-16(24)6-8-26/h4-5,10,12,16,26H,2-3,6-9,11H2,1H3,(H,21,27)(H,22,28)/t16-/m1/s1. The number of aromatic nitrogens is 3. The van der Waals surface area contributed by atoms with Gasteiger partial charge in [0.15, 0.2) is 4.96 Å². The number of thiazole rings is 1. The molecule has 1 saturated heterocycles. The molecule has 1 fully saturated rings. The summed E-state index contributed by atoms with van der Waals surface area (Å²) in [5.74, 6) is -0.412. The highest BCUT2D eigenvalue weighted by Gasteiger charge is 2.24. The lowest BCUT2D eigenvalue weighted by molar-refractivity contribution is 0.0949. The van der Waals surface area contributed by atoms with Crippen LogP contribution in [0.25, 0.3) is 4.96 Å². The van der Waals surface area contributed by atoms with Gasteiger partial charge in [0.05, 0.1) is 12.2 Å². The molecule has 0 bridgehead atoms. The average Bonchev–Trinajstić information content (AvgIpc) is 3.35. The van der Waals surface area contributed by atoms with Crippen molar-refractivity contribution in [1.29, 1.82) is 0 Å². The number of H-pyrrole nitrogens is 1. The summed E-state index contributed by atoms with van der Waals surface area (Å²) in [7, 11) is 0. The van der Waals surface area contributed by atoms with E-state index < -0.39 is 5.91 Å². The molecule has 3 N–H and O–H groups in total. The smallest absolute Gasteiger partial charge is 0.261 e. The first-order valence-electron chi connectivity index (χ1n) is 9.83. The van der Waals surface area contributed by atoms with Gasteiger partial charge in [-0.1, -0.05) is 0 Å². The predicted molar refractivity (Wildman–Crippen MR) is 111 cm³/mol. The van der Waals surface area contributed by atoms with Crippen LogP contribution in [0.5, 0.6) is 0 Å². The minimum absolute atomic E-state index is 0.0962. The number of pyridine rings is 1. The molecule has 1 amide bonds. The third kappa shape index (κ3) is 4.42. The van der Waals surface area contributed by atoms with Crippen molar-refractivity contribution in [3.63, 3.8) is 0 Å². The fourth-order valence-electron chi connectivity index (χ4n) is 3.89. The highest BCUT2D eigenvalue weighted by atomic mass is 32.1. The molecule has 4 heterocycles. The molecule has 0 aromatic carbocycles. The second-order valence-corrected chi connectivity index (χ2v) is 8.66. The van der Waals surface area contributed by atoms with Crippen LogP contribution in [0.2, 0.25) is 0 Å². The first-order chi connectivity index (χ1) is 14.0.